The minimum Gasteiger partial charge on any atom is -0.490 e. The summed E-state index contributed by atoms with van der Waals surface area (Å²) in [5.74, 6) is 0.772. The Bertz CT molecular complexity index is 731. The van der Waals surface area contributed by atoms with Crippen molar-refractivity contribution in [3.63, 3.8) is 0 Å². The second-order valence-corrected chi connectivity index (χ2v) is 6.63. The van der Waals surface area contributed by atoms with Crippen LogP contribution in [0.5, 0.6) is 5.75 Å². The number of benzene rings is 2. The highest BCUT2D eigenvalue weighted by atomic mass is 35.5. The zero-order chi connectivity index (χ0) is 18.9. The number of carbonyl (C=O) groups excluding carboxylic acids is 1. The summed E-state index contributed by atoms with van der Waals surface area (Å²) in [6.45, 7) is 7.03. The molecule has 0 heterocycles. The molecule has 1 amide bonds. The standard InChI is InChI=1S/C21H25ClN2O2/c1-4-13-26-18-11-9-17(10-12-18)14-24(3)15-21(25)23-16(2)19-7-5-6-8-20(19)22/h4-12,16H,1,13-15H2,2-3H3,(H,23,25)/t16-/m1/s1. The maximum absolute atomic E-state index is 12.3. The summed E-state index contributed by atoms with van der Waals surface area (Å²) < 4.78 is 5.47. The number of hydrogen-bond acceptors (Lipinski definition) is 3. The number of carbonyl (C=O) groups is 1. The van der Waals surface area contributed by atoms with Crippen LogP contribution in [0.3, 0.4) is 0 Å². The number of likely N-dealkylation sites (N-methyl/N-ethyl adjacent to an activating group) is 1. The van der Waals surface area contributed by atoms with Crippen molar-refractivity contribution in [2.24, 2.45) is 0 Å². The van der Waals surface area contributed by atoms with Crippen LogP contribution in [0.15, 0.2) is 61.2 Å². The molecular weight excluding hydrogens is 348 g/mol. The van der Waals surface area contributed by atoms with Gasteiger partial charge in [0, 0.05) is 11.6 Å². The Labute approximate surface area is 160 Å². The first kappa shape index (κ1) is 20.0. The van der Waals surface area contributed by atoms with Crippen molar-refractivity contribution in [2.75, 3.05) is 20.2 Å². The van der Waals surface area contributed by atoms with E-state index in [9.17, 15) is 4.79 Å². The third kappa shape index (κ3) is 6.21. The molecule has 26 heavy (non-hydrogen) atoms. The molecule has 2 rings (SSSR count). The Morgan fingerprint density at radius 1 is 1.27 bits per heavy atom. The lowest BCUT2D eigenvalue weighted by molar-refractivity contribution is -0.122. The predicted molar refractivity (Wildman–Crippen MR) is 106 cm³/mol. The van der Waals surface area contributed by atoms with E-state index in [1.54, 1.807) is 6.08 Å². The van der Waals surface area contributed by atoms with Gasteiger partial charge < -0.3 is 10.1 Å². The summed E-state index contributed by atoms with van der Waals surface area (Å²) in [5.41, 5.74) is 2.03. The van der Waals surface area contributed by atoms with Crippen LogP contribution in [0, 0.1) is 0 Å². The van der Waals surface area contributed by atoms with Crippen LogP contribution in [-0.4, -0.2) is 31.0 Å². The first-order valence-corrected chi connectivity index (χ1v) is 8.92. The molecule has 0 aromatic heterocycles. The fourth-order valence-electron chi connectivity index (χ4n) is 2.65. The Morgan fingerprint density at radius 3 is 2.62 bits per heavy atom. The summed E-state index contributed by atoms with van der Waals surface area (Å²) in [7, 11) is 1.92. The van der Waals surface area contributed by atoms with E-state index in [2.05, 4.69) is 11.9 Å². The van der Waals surface area contributed by atoms with Gasteiger partial charge in [0.1, 0.15) is 12.4 Å². The summed E-state index contributed by atoms with van der Waals surface area (Å²) in [6.07, 6.45) is 1.71. The summed E-state index contributed by atoms with van der Waals surface area (Å²) in [4.78, 5) is 14.3. The molecule has 0 aliphatic heterocycles. The molecular formula is C21H25ClN2O2. The Morgan fingerprint density at radius 2 is 1.96 bits per heavy atom. The highest BCUT2D eigenvalue weighted by Crippen LogP contribution is 2.22. The smallest absolute Gasteiger partial charge is 0.234 e. The van der Waals surface area contributed by atoms with Gasteiger partial charge in [-0.05, 0) is 43.3 Å². The first-order chi connectivity index (χ1) is 12.5. The summed E-state index contributed by atoms with van der Waals surface area (Å²) in [6, 6.07) is 15.3. The largest absolute Gasteiger partial charge is 0.490 e. The van der Waals surface area contributed by atoms with Crippen molar-refractivity contribution in [1.29, 1.82) is 0 Å². The molecule has 0 spiro atoms. The molecule has 0 saturated heterocycles. The van der Waals surface area contributed by atoms with Gasteiger partial charge in [-0.15, -0.1) is 0 Å². The molecule has 2 aromatic rings. The van der Waals surface area contributed by atoms with E-state index in [1.807, 2.05) is 67.4 Å². The van der Waals surface area contributed by atoms with Crippen molar-refractivity contribution >= 4 is 17.5 Å². The maximum Gasteiger partial charge on any atom is 0.234 e. The van der Waals surface area contributed by atoms with Gasteiger partial charge in [0.2, 0.25) is 5.91 Å². The van der Waals surface area contributed by atoms with Gasteiger partial charge in [0.05, 0.1) is 12.6 Å². The predicted octanol–water partition coefficient (Wildman–Crippen LogP) is 4.21. The number of nitrogens with one attached hydrogen (secondary N) is 1. The van der Waals surface area contributed by atoms with E-state index in [1.165, 1.54) is 0 Å². The normalized spacial score (nSPS) is 11.8. The van der Waals surface area contributed by atoms with Crippen molar-refractivity contribution in [3.05, 3.63) is 77.3 Å². The number of halogens is 1. The molecule has 0 saturated carbocycles. The third-order valence-electron chi connectivity index (χ3n) is 3.91. The van der Waals surface area contributed by atoms with E-state index in [0.717, 1.165) is 16.9 Å². The van der Waals surface area contributed by atoms with E-state index in [-0.39, 0.29) is 11.9 Å². The van der Waals surface area contributed by atoms with Crippen LogP contribution in [0.25, 0.3) is 0 Å². The lowest BCUT2D eigenvalue weighted by Crippen LogP contribution is -2.36. The maximum atomic E-state index is 12.3. The molecule has 0 aliphatic carbocycles. The van der Waals surface area contributed by atoms with Gasteiger partial charge in [0.25, 0.3) is 0 Å². The highest BCUT2D eigenvalue weighted by molar-refractivity contribution is 6.31. The molecule has 0 bridgehead atoms. The molecule has 138 valence electrons. The number of hydrogen-bond donors (Lipinski definition) is 1. The van der Waals surface area contributed by atoms with Gasteiger partial charge in [0.15, 0.2) is 0 Å². The molecule has 0 aliphatic rings. The Balaban J connectivity index is 1.83. The lowest BCUT2D eigenvalue weighted by atomic mass is 10.1. The van der Waals surface area contributed by atoms with Gasteiger partial charge in [-0.25, -0.2) is 0 Å². The number of ether oxygens (including phenoxy) is 1. The van der Waals surface area contributed by atoms with Crippen LogP contribution < -0.4 is 10.1 Å². The minimum atomic E-state index is -0.133. The zero-order valence-corrected chi connectivity index (χ0v) is 16.0. The van der Waals surface area contributed by atoms with E-state index in [4.69, 9.17) is 16.3 Å². The molecule has 5 heteroatoms. The summed E-state index contributed by atoms with van der Waals surface area (Å²) >= 11 is 6.18. The highest BCUT2D eigenvalue weighted by Gasteiger charge is 2.13. The third-order valence-corrected chi connectivity index (χ3v) is 4.25. The average molecular weight is 373 g/mol. The second-order valence-electron chi connectivity index (χ2n) is 6.23. The van der Waals surface area contributed by atoms with E-state index in [0.29, 0.717) is 24.7 Å². The SMILES string of the molecule is C=CCOc1ccc(CN(C)CC(=O)N[C@H](C)c2ccccc2Cl)cc1. The molecule has 0 radical (unpaired) electrons. The average Bonchev–Trinajstić information content (AvgIpc) is 2.61. The zero-order valence-electron chi connectivity index (χ0n) is 15.2. The first-order valence-electron chi connectivity index (χ1n) is 8.54. The van der Waals surface area contributed by atoms with Crippen LogP contribution >= 0.6 is 11.6 Å². The molecule has 1 atom stereocenters. The number of nitrogens with zero attached hydrogens (tertiary/aromatic N) is 1. The fourth-order valence-corrected chi connectivity index (χ4v) is 2.95. The molecule has 4 nitrogen and oxygen atoms in total. The Kier molecular flexibility index (Phi) is 7.70. The van der Waals surface area contributed by atoms with Crippen LogP contribution in [0.4, 0.5) is 0 Å². The van der Waals surface area contributed by atoms with Crippen LogP contribution in [0.2, 0.25) is 5.02 Å². The monoisotopic (exact) mass is 372 g/mol. The van der Waals surface area contributed by atoms with Gasteiger partial charge in [-0.1, -0.05) is 54.6 Å². The van der Waals surface area contributed by atoms with Crippen molar-refractivity contribution in [2.45, 2.75) is 19.5 Å². The Hall–Kier alpha value is -2.30. The molecule has 1 N–H and O–H groups in total. The summed E-state index contributed by atoms with van der Waals surface area (Å²) in [5, 5.41) is 3.65. The molecule has 0 fully saturated rings. The quantitative estimate of drug-likeness (QED) is 0.670. The van der Waals surface area contributed by atoms with Gasteiger partial charge in [-0.3, -0.25) is 9.69 Å². The fraction of sp³-hybridized carbons (Fsp3) is 0.286. The topological polar surface area (TPSA) is 41.6 Å². The van der Waals surface area contributed by atoms with Gasteiger partial charge in [-0.2, -0.15) is 0 Å². The van der Waals surface area contributed by atoms with E-state index < -0.39 is 0 Å². The minimum absolute atomic E-state index is 0.0362. The van der Waals surface area contributed by atoms with E-state index >= 15 is 0 Å². The van der Waals surface area contributed by atoms with Crippen molar-refractivity contribution in [1.82, 2.24) is 10.2 Å². The van der Waals surface area contributed by atoms with Gasteiger partial charge >= 0.3 is 0 Å². The number of rotatable bonds is 9. The molecule has 0 unspecified atom stereocenters. The molecule has 2 aromatic carbocycles. The lowest BCUT2D eigenvalue weighted by Gasteiger charge is -2.20. The van der Waals surface area contributed by atoms with Crippen molar-refractivity contribution in [3.8, 4) is 5.75 Å². The number of amides is 1. The van der Waals surface area contributed by atoms with Crippen LogP contribution in [-0.2, 0) is 11.3 Å². The van der Waals surface area contributed by atoms with Crippen LogP contribution in [0.1, 0.15) is 24.1 Å². The second kappa shape index (κ2) is 10.00. The van der Waals surface area contributed by atoms with Crippen molar-refractivity contribution < 1.29 is 9.53 Å².